The van der Waals surface area contributed by atoms with Crippen LogP contribution in [0.25, 0.3) is 0 Å². The first kappa shape index (κ1) is 7.89. The van der Waals surface area contributed by atoms with Crippen molar-refractivity contribution >= 4 is 8.41 Å². The Kier molecular flexibility index (Phi) is 2.98. The van der Waals surface area contributed by atoms with Crippen LogP contribution in [0.5, 0.6) is 0 Å². The SMILES string of the molecule is CCC=C[Si](C)(C)F. The molecule has 0 N–H and O–H groups in total. The van der Waals surface area contributed by atoms with Crippen molar-refractivity contribution < 1.29 is 4.11 Å². The van der Waals surface area contributed by atoms with E-state index >= 15 is 0 Å². The van der Waals surface area contributed by atoms with Gasteiger partial charge >= 0.3 is 0 Å². The second-order valence-electron chi connectivity index (χ2n) is 2.38. The second-order valence-corrected chi connectivity index (χ2v) is 5.84. The Morgan fingerprint density at radius 1 is 1.50 bits per heavy atom. The van der Waals surface area contributed by atoms with Crippen LogP contribution in [0, 0.1) is 0 Å². The molecule has 0 aliphatic heterocycles. The summed E-state index contributed by atoms with van der Waals surface area (Å²) >= 11 is 0. The standard InChI is InChI=1S/C6H13FSi/c1-4-5-6-8(2,3)7/h5-6H,4H2,1-3H3. The van der Waals surface area contributed by atoms with Gasteiger partial charge in [-0.25, -0.2) is 0 Å². The molecule has 48 valence electrons. The van der Waals surface area contributed by atoms with Crippen molar-refractivity contribution in [1.29, 1.82) is 0 Å². The molecule has 0 amide bonds. The normalized spacial score (nSPS) is 13.0. The van der Waals surface area contributed by atoms with Crippen LogP contribution in [-0.2, 0) is 0 Å². The smallest absolute Gasteiger partial charge is 0.264 e. The number of hydrogen-bond donors (Lipinski definition) is 0. The molecular weight excluding hydrogens is 119 g/mol. The molecule has 0 aromatic rings. The molecular formula is C6H13FSi. The summed E-state index contributed by atoms with van der Waals surface area (Å²) in [5, 5.41) is 0. The van der Waals surface area contributed by atoms with Gasteiger partial charge in [0.1, 0.15) is 0 Å². The van der Waals surface area contributed by atoms with E-state index in [0.717, 1.165) is 6.42 Å². The molecule has 0 bridgehead atoms. The van der Waals surface area contributed by atoms with Crippen LogP contribution in [-0.4, -0.2) is 8.41 Å². The van der Waals surface area contributed by atoms with Crippen LogP contribution in [0.4, 0.5) is 4.11 Å². The van der Waals surface area contributed by atoms with Crippen molar-refractivity contribution in [1.82, 2.24) is 0 Å². The van der Waals surface area contributed by atoms with Crippen LogP contribution in [0.2, 0.25) is 13.1 Å². The number of hydrogen-bond acceptors (Lipinski definition) is 0. The van der Waals surface area contributed by atoms with Crippen molar-refractivity contribution in [3.63, 3.8) is 0 Å². The van der Waals surface area contributed by atoms with Crippen LogP contribution >= 0.6 is 0 Å². The summed E-state index contributed by atoms with van der Waals surface area (Å²) in [6.07, 6.45) is 2.84. The van der Waals surface area contributed by atoms with E-state index in [1.165, 1.54) is 0 Å². The van der Waals surface area contributed by atoms with E-state index in [9.17, 15) is 4.11 Å². The highest BCUT2D eigenvalue weighted by Gasteiger charge is 2.13. The van der Waals surface area contributed by atoms with E-state index in [4.69, 9.17) is 0 Å². The van der Waals surface area contributed by atoms with E-state index in [1.807, 2.05) is 13.0 Å². The predicted octanol–water partition coefficient (Wildman–Crippen LogP) is 2.67. The summed E-state index contributed by atoms with van der Waals surface area (Å²) < 4.78 is 12.6. The zero-order valence-corrected chi connectivity index (χ0v) is 6.74. The minimum absolute atomic E-state index is 0.945. The van der Waals surface area contributed by atoms with Gasteiger partial charge in [0.2, 0.25) is 0 Å². The molecule has 0 spiro atoms. The molecule has 0 heterocycles. The molecule has 0 atom stereocenters. The van der Waals surface area contributed by atoms with Crippen LogP contribution < -0.4 is 0 Å². The lowest BCUT2D eigenvalue weighted by molar-refractivity contribution is 0.819. The summed E-state index contributed by atoms with van der Waals surface area (Å²) in [7, 11) is -2.36. The Morgan fingerprint density at radius 2 is 2.00 bits per heavy atom. The van der Waals surface area contributed by atoms with E-state index in [2.05, 4.69) is 0 Å². The van der Waals surface area contributed by atoms with Crippen LogP contribution in [0.1, 0.15) is 13.3 Å². The van der Waals surface area contributed by atoms with Gasteiger partial charge in [-0.1, -0.05) is 18.7 Å². The largest absolute Gasteiger partial charge is 0.309 e. The minimum Gasteiger partial charge on any atom is -0.309 e. The molecule has 0 saturated carbocycles. The highest BCUT2D eigenvalue weighted by Crippen LogP contribution is 2.04. The van der Waals surface area contributed by atoms with Crippen LogP contribution in [0.15, 0.2) is 11.8 Å². The summed E-state index contributed by atoms with van der Waals surface area (Å²) in [5.41, 5.74) is 1.72. The number of allylic oxidation sites excluding steroid dienone is 1. The molecule has 0 radical (unpaired) electrons. The zero-order chi connectivity index (χ0) is 6.62. The van der Waals surface area contributed by atoms with Gasteiger partial charge in [0.25, 0.3) is 8.41 Å². The van der Waals surface area contributed by atoms with Crippen molar-refractivity contribution in [3.8, 4) is 0 Å². The van der Waals surface area contributed by atoms with Gasteiger partial charge in [0.05, 0.1) is 0 Å². The van der Waals surface area contributed by atoms with E-state index < -0.39 is 8.41 Å². The lowest BCUT2D eigenvalue weighted by Crippen LogP contribution is -2.13. The zero-order valence-electron chi connectivity index (χ0n) is 5.74. The topological polar surface area (TPSA) is 0 Å². The van der Waals surface area contributed by atoms with E-state index in [0.29, 0.717) is 0 Å². The average Bonchev–Trinajstić information content (AvgIpc) is 1.59. The molecule has 0 rings (SSSR count). The van der Waals surface area contributed by atoms with Gasteiger partial charge in [-0.15, -0.1) is 0 Å². The van der Waals surface area contributed by atoms with Gasteiger partial charge < -0.3 is 4.11 Å². The van der Waals surface area contributed by atoms with Crippen molar-refractivity contribution in [2.45, 2.75) is 26.4 Å². The fourth-order valence-electron chi connectivity index (χ4n) is 0.398. The summed E-state index contributed by atoms with van der Waals surface area (Å²) in [6, 6.07) is 0. The first-order valence-corrected chi connectivity index (χ1v) is 5.88. The highest BCUT2D eigenvalue weighted by atomic mass is 28.4. The maximum absolute atomic E-state index is 12.6. The first-order valence-electron chi connectivity index (χ1n) is 2.93. The maximum atomic E-state index is 12.6. The minimum atomic E-state index is -2.36. The van der Waals surface area contributed by atoms with E-state index in [-0.39, 0.29) is 0 Å². The van der Waals surface area contributed by atoms with Crippen molar-refractivity contribution in [2.24, 2.45) is 0 Å². The molecule has 0 unspecified atom stereocenters. The first-order chi connectivity index (χ1) is 3.56. The fourth-order valence-corrected chi connectivity index (χ4v) is 1.19. The molecule has 0 nitrogen and oxygen atoms in total. The number of rotatable bonds is 2. The summed E-state index contributed by atoms with van der Waals surface area (Å²) in [5.74, 6) is 0. The molecule has 0 fully saturated rings. The molecule has 0 aliphatic rings. The van der Waals surface area contributed by atoms with Gasteiger partial charge in [-0.05, 0) is 19.5 Å². The Hall–Kier alpha value is -0.113. The maximum Gasteiger partial charge on any atom is 0.264 e. The van der Waals surface area contributed by atoms with Gasteiger partial charge in [0.15, 0.2) is 0 Å². The van der Waals surface area contributed by atoms with Crippen molar-refractivity contribution in [3.05, 3.63) is 11.8 Å². The monoisotopic (exact) mass is 132 g/mol. The molecule has 0 aromatic heterocycles. The van der Waals surface area contributed by atoms with E-state index in [1.54, 1.807) is 18.8 Å². The number of halogens is 1. The molecule has 8 heavy (non-hydrogen) atoms. The molecule has 0 saturated heterocycles. The second kappa shape index (κ2) is 3.02. The van der Waals surface area contributed by atoms with Gasteiger partial charge in [-0.2, -0.15) is 0 Å². The Bertz CT molecular complexity index is 81.0. The molecule has 2 heteroatoms. The Morgan fingerprint density at radius 3 is 2.12 bits per heavy atom. The third-order valence-corrected chi connectivity index (χ3v) is 1.78. The fraction of sp³-hybridized carbons (Fsp3) is 0.667. The lowest BCUT2D eigenvalue weighted by atomic mass is 10.5. The highest BCUT2D eigenvalue weighted by molar-refractivity contribution is 6.75. The van der Waals surface area contributed by atoms with Crippen molar-refractivity contribution in [2.75, 3.05) is 0 Å². The van der Waals surface area contributed by atoms with Gasteiger partial charge in [-0.3, -0.25) is 0 Å². The molecule has 0 aliphatic carbocycles. The average molecular weight is 132 g/mol. The lowest BCUT2D eigenvalue weighted by Gasteiger charge is -2.00. The quantitative estimate of drug-likeness (QED) is 0.400. The Labute approximate surface area is 51.6 Å². The molecule has 0 aromatic carbocycles. The summed E-state index contributed by atoms with van der Waals surface area (Å²) in [6.45, 7) is 5.37. The summed E-state index contributed by atoms with van der Waals surface area (Å²) in [4.78, 5) is 0. The van der Waals surface area contributed by atoms with Crippen LogP contribution in [0.3, 0.4) is 0 Å². The van der Waals surface area contributed by atoms with Gasteiger partial charge in [0, 0.05) is 0 Å². The third-order valence-electron chi connectivity index (χ3n) is 0.750. The Balaban J connectivity index is 3.52. The third kappa shape index (κ3) is 5.89. The predicted molar refractivity (Wildman–Crippen MR) is 38.0 cm³/mol.